The van der Waals surface area contributed by atoms with Gasteiger partial charge in [-0.15, -0.1) is 0 Å². The van der Waals surface area contributed by atoms with Crippen LogP contribution >= 0.6 is 0 Å². The Balaban J connectivity index is 1.80. The van der Waals surface area contributed by atoms with Gasteiger partial charge in [0.25, 0.3) is 0 Å². The minimum Gasteiger partial charge on any atom is -0.306 e. The molecule has 0 atom stereocenters. The highest BCUT2D eigenvalue weighted by molar-refractivity contribution is 6.23. The number of rotatable bonds is 2. The first-order chi connectivity index (χ1) is 19.9. The van der Waals surface area contributed by atoms with E-state index in [0.29, 0.717) is 32.9 Å². The fourth-order valence-corrected chi connectivity index (χ4v) is 5.66. The molecule has 0 bridgehead atoms. The maximum Gasteiger partial charge on any atom is 0.200 e. The summed E-state index contributed by atoms with van der Waals surface area (Å²) in [6.07, 6.45) is 0. The number of hydrogen-bond donors (Lipinski definition) is 0. The summed E-state index contributed by atoms with van der Waals surface area (Å²) >= 11 is 0. The molecule has 7 aromatic rings. The van der Waals surface area contributed by atoms with Crippen molar-refractivity contribution >= 4 is 43.6 Å². The van der Waals surface area contributed by atoms with E-state index < -0.39 is 34.8 Å². The van der Waals surface area contributed by atoms with Crippen LogP contribution < -0.4 is 0 Å². The van der Waals surface area contributed by atoms with Crippen LogP contribution in [0.2, 0.25) is 0 Å². The number of halogens is 5. The van der Waals surface area contributed by atoms with Gasteiger partial charge in [0.1, 0.15) is 11.8 Å². The maximum atomic E-state index is 15.4. The number of nitriles is 2. The van der Waals surface area contributed by atoms with Gasteiger partial charge < -0.3 is 9.13 Å². The molecule has 0 radical (unpaired) electrons. The van der Waals surface area contributed by atoms with Gasteiger partial charge in [0.2, 0.25) is 5.82 Å². The number of hydrogen-bond acceptors (Lipinski definition) is 2. The number of benzene rings is 5. The van der Waals surface area contributed by atoms with Crippen molar-refractivity contribution in [2.45, 2.75) is 0 Å². The van der Waals surface area contributed by atoms with Crippen molar-refractivity contribution in [1.29, 1.82) is 10.5 Å². The van der Waals surface area contributed by atoms with Crippen molar-refractivity contribution in [2.75, 3.05) is 0 Å². The third-order valence-electron chi connectivity index (χ3n) is 7.37. The lowest BCUT2D eigenvalue weighted by Crippen LogP contribution is -2.10. The monoisotopic (exact) mass is 548 g/mol. The first kappa shape index (κ1) is 24.4. The Kier molecular flexibility index (Phi) is 5.15. The Bertz CT molecular complexity index is 2320. The maximum absolute atomic E-state index is 15.4. The molecule has 0 spiro atoms. The summed E-state index contributed by atoms with van der Waals surface area (Å²) in [5.41, 5.74) is 1.08. The van der Waals surface area contributed by atoms with Gasteiger partial charge in [-0.25, -0.2) is 22.0 Å². The molecule has 0 saturated heterocycles. The standard InChI is InChI=1S/C32H13F5N4/c33-25-26(34)28(36)32(29(37)27(25)35)41-24-8-4-2-6-19(24)21-11-10-20-18-5-1-3-7-23(18)40(30(20)31(21)41)22-12-9-16(14-38)13-17(22)15-39/h1-13H. The number of aromatic nitrogens is 2. The Labute approximate surface area is 227 Å². The van der Waals surface area contributed by atoms with Crippen LogP contribution in [0.1, 0.15) is 11.1 Å². The fourth-order valence-electron chi connectivity index (χ4n) is 5.66. The quantitative estimate of drug-likeness (QED) is 0.124. The number of fused-ring (bicyclic) bond motifs is 7. The smallest absolute Gasteiger partial charge is 0.200 e. The Morgan fingerprint density at radius 3 is 1.59 bits per heavy atom. The lowest BCUT2D eigenvalue weighted by molar-refractivity contribution is 0.376. The van der Waals surface area contributed by atoms with Crippen molar-refractivity contribution in [3.63, 3.8) is 0 Å². The molecule has 9 heteroatoms. The summed E-state index contributed by atoms with van der Waals surface area (Å²) in [7, 11) is 0. The van der Waals surface area contributed by atoms with Gasteiger partial charge in [-0.3, -0.25) is 0 Å². The van der Waals surface area contributed by atoms with Crippen LogP contribution in [0.5, 0.6) is 0 Å². The molecule has 0 unspecified atom stereocenters. The molecule has 0 aliphatic rings. The molecule has 0 amide bonds. The highest BCUT2D eigenvalue weighted by atomic mass is 19.2. The third kappa shape index (κ3) is 3.17. The zero-order valence-corrected chi connectivity index (χ0v) is 20.7. The van der Waals surface area contributed by atoms with Crippen LogP contribution in [-0.4, -0.2) is 9.13 Å². The van der Waals surface area contributed by atoms with E-state index in [1.54, 1.807) is 53.1 Å². The molecule has 2 heterocycles. The normalized spacial score (nSPS) is 11.5. The van der Waals surface area contributed by atoms with Gasteiger partial charge in [-0.1, -0.05) is 48.5 Å². The van der Waals surface area contributed by atoms with Crippen LogP contribution in [0.25, 0.3) is 55.0 Å². The predicted molar refractivity (Wildman–Crippen MR) is 144 cm³/mol. The molecule has 41 heavy (non-hydrogen) atoms. The van der Waals surface area contributed by atoms with E-state index in [0.717, 1.165) is 9.95 Å². The van der Waals surface area contributed by atoms with E-state index >= 15 is 8.78 Å². The van der Waals surface area contributed by atoms with Crippen LogP contribution in [0, 0.1) is 51.7 Å². The zero-order chi connectivity index (χ0) is 28.6. The molecule has 4 nitrogen and oxygen atoms in total. The van der Waals surface area contributed by atoms with E-state index in [2.05, 4.69) is 6.07 Å². The summed E-state index contributed by atoms with van der Waals surface area (Å²) in [5.74, 6) is -10.3. The molecule has 0 N–H and O–H groups in total. The second-order valence-electron chi connectivity index (χ2n) is 9.44. The molecule has 0 fully saturated rings. The Hall–Kier alpha value is -5.67. The van der Waals surface area contributed by atoms with Crippen molar-refractivity contribution < 1.29 is 22.0 Å². The Morgan fingerprint density at radius 1 is 0.512 bits per heavy atom. The topological polar surface area (TPSA) is 57.4 Å². The van der Waals surface area contributed by atoms with Gasteiger partial charge in [0, 0.05) is 21.5 Å². The largest absolute Gasteiger partial charge is 0.306 e. The molecule has 2 aromatic heterocycles. The van der Waals surface area contributed by atoms with Crippen molar-refractivity contribution in [3.05, 3.63) is 119 Å². The van der Waals surface area contributed by atoms with Gasteiger partial charge in [0.05, 0.1) is 45.0 Å². The average Bonchev–Trinajstić information content (AvgIpc) is 3.52. The third-order valence-corrected chi connectivity index (χ3v) is 7.37. The highest BCUT2D eigenvalue weighted by Gasteiger charge is 2.30. The molecular weight excluding hydrogens is 535 g/mol. The van der Waals surface area contributed by atoms with E-state index in [1.165, 1.54) is 18.2 Å². The lowest BCUT2D eigenvalue weighted by atomic mass is 10.1. The van der Waals surface area contributed by atoms with Gasteiger partial charge in [-0.2, -0.15) is 10.5 Å². The van der Waals surface area contributed by atoms with Crippen LogP contribution in [0.15, 0.2) is 78.9 Å². The van der Waals surface area contributed by atoms with E-state index in [4.69, 9.17) is 0 Å². The summed E-state index contributed by atoms with van der Waals surface area (Å²) in [4.78, 5) is 0. The molecule has 7 rings (SSSR count). The molecular formula is C32H13F5N4. The van der Waals surface area contributed by atoms with Crippen molar-refractivity contribution in [3.8, 4) is 23.5 Å². The van der Waals surface area contributed by atoms with Crippen LogP contribution in [-0.2, 0) is 0 Å². The minimum atomic E-state index is -2.25. The van der Waals surface area contributed by atoms with E-state index in [1.807, 2.05) is 18.2 Å². The minimum absolute atomic E-state index is 0.155. The van der Waals surface area contributed by atoms with E-state index in [9.17, 15) is 23.7 Å². The van der Waals surface area contributed by atoms with Crippen molar-refractivity contribution in [1.82, 2.24) is 9.13 Å². The molecule has 196 valence electrons. The molecule has 0 saturated carbocycles. The number of nitrogens with zero attached hydrogens (tertiary/aromatic N) is 4. The van der Waals surface area contributed by atoms with Gasteiger partial charge in [-0.05, 0) is 30.3 Å². The van der Waals surface area contributed by atoms with Crippen LogP contribution in [0.3, 0.4) is 0 Å². The summed E-state index contributed by atoms with van der Waals surface area (Å²) in [6, 6.07) is 26.0. The zero-order valence-electron chi connectivity index (χ0n) is 20.7. The summed E-state index contributed by atoms with van der Waals surface area (Å²) < 4.78 is 76.8. The van der Waals surface area contributed by atoms with Gasteiger partial charge in [0.15, 0.2) is 23.3 Å². The van der Waals surface area contributed by atoms with E-state index in [-0.39, 0.29) is 22.2 Å². The first-order valence-electron chi connectivity index (χ1n) is 12.3. The van der Waals surface area contributed by atoms with Crippen LogP contribution in [0.4, 0.5) is 22.0 Å². The lowest BCUT2D eigenvalue weighted by Gasteiger charge is -2.15. The molecule has 0 aliphatic heterocycles. The molecule has 0 aliphatic carbocycles. The first-order valence-corrected chi connectivity index (χ1v) is 12.3. The van der Waals surface area contributed by atoms with Crippen molar-refractivity contribution in [2.24, 2.45) is 0 Å². The number of para-hydroxylation sites is 2. The molecule has 5 aromatic carbocycles. The second kappa shape index (κ2) is 8.67. The average molecular weight is 548 g/mol. The SMILES string of the molecule is N#Cc1ccc(-n2c3ccccc3c3ccc4c5ccccc5n(-c5c(F)c(F)c(F)c(F)c5F)c4c32)c(C#N)c1. The summed E-state index contributed by atoms with van der Waals surface area (Å²) in [6.45, 7) is 0. The second-order valence-corrected chi connectivity index (χ2v) is 9.44. The predicted octanol–water partition coefficient (Wildman–Crippen LogP) is 8.32. The fraction of sp³-hybridized carbons (Fsp3) is 0. The van der Waals surface area contributed by atoms with Gasteiger partial charge >= 0.3 is 0 Å². The Morgan fingerprint density at radius 2 is 1.02 bits per heavy atom. The summed E-state index contributed by atoms with van der Waals surface area (Å²) in [5, 5.41) is 21.8. The highest BCUT2D eigenvalue weighted by Crippen LogP contribution is 2.43.